The minimum atomic E-state index is -0.568. The van der Waals surface area contributed by atoms with Gasteiger partial charge in [0.25, 0.3) is 0 Å². The lowest BCUT2D eigenvalue weighted by molar-refractivity contribution is 0.0110. The highest BCUT2D eigenvalue weighted by atomic mass is 16.6. The van der Waals surface area contributed by atoms with E-state index in [0.717, 1.165) is 0 Å². The molecular weight excluding hydrogens is 342 g/mol. The Balaban J connectivity index is 4.11. The molecule has 1 amide bonds. The SMILES string of the molecule is CC(C)(C)OC(=O)N(CCCCN=[N+]=[N-])CCOCCOCCN=[N+]=[N-]. The first-order valence-electron chi connectivity index (χ1n) is 8.56. The van der Waals surface area contributed by atoms with Crippen LogP contribution >= 0.6 is 0 Å². The summed E-state index contributed by atoms with van der Waals surface area (Å²) in [5.41, 5.74) is 15.8. The Morgan fingerprint density at radius 2 is 1.54 bits per heavy atom. The van der Waals surface area contributed by atoms with Gasteiger partial charge in [-0.2, -0.15) is 0 Å². The lowest BCUT2D eigenvalue weighted by Gasteiger charge is -2.27. The van der Waals surface area contributed by atoms with Crippen molar-refractivity contribution in [1.29, 1.82) is 0 Å². The number of nitrogens with zero attached hydrogens (tertiary/aromatic N) is 7. The number of amides is 1. The molecule has 0 saturated carbocycles. The third-order valence-electron chi connectivity index (χ3n) is 2.93. The predicted molar refractivity (Wildman–Crippen MR) is 96.7 cm³/mol. The normalized spacial score (nSPS) is 10.6. The van der Waals surface area contributed by atoms with Crippen molar-refractivity contribution in [3.63, 3.8) is 0 Å². The van der Waals surface area contributed by atoms with Gasteiger partial charge < -0.3 is 19.1 Å². The number of rotatable bonds is 14. The van der Waals surface area contributed by atoms with E-state index in [9.17, 15) is 4.79 Å². The van der Waals surface area contributed by atoms with Crippen molar-refractivity contribution in [1.82, 2.24) is 4.90 Å². The van der Waals surface area contributed by atoms with Crippen LogP contribution in [0.25, 0.3) is 20.9 Å². The van der Waals surface area contributed by atoms with Gasteiger partial charge in [0.2, 0.25) is 0 Å². The largest absolute Gasteiger partial charge is 0.444 e. The van der Waals surface area contributed by atoms with Crippen LogP contribution in [0.3, 0.4) is 0 Å². The molecular formula is C15H29N7O4. The van der Waals surface area contributed by atoms with Crippen LogP contribution in [0.15, 0.2) is 10.2 Å². The zero-order valence-corrected chi connectivity index (χ0v) is 15.8. The van der Waals surface area contributed by atoms with Gasteiger partial charge in [0.15, 0.2) is 0 Å². The van der Waals surface area contributed by atoms with Gasteiger partial charge in [0.05, 0.1) is 26.4 Å². The number of hydrogen-bond donors (Lipinski definition) is 0. The van der Waals surface area contributed by atoms with Gasteiger partial charge in [-0.25, -0.2) is 4.79 Å². The van der Waals surface area contributed by atoms with Crippen LogP contribution in [0.5, 0.6) is 0 Å². The lowest BCUT2D eigenvalue weighted by atomic mass is 10.2. The van der Waals surface area contributed by atoms with E-state index < -0.39 is 11.7 Å². The lowest BCUT2D eigenvalue weighted by Crippen LogP contribution is -2.39. The average molecular weight is 371 g/mol. The van der Waals surface area contributed by atoms with Gasteiger partial charge in [0.1, 0.15) is 5.60 Å². The van der Waals surface area contributed by atoms with E-state index in [-0.39, 0.29) is 0 Å². The predicted octanol–water partition coefficient (Wildman–Crippen LogP) is 3.66. The highest BCUT2D eigenvalue weighted by Gasteiger charge is 2.21. The van der Waals surface area contributed by atoms with Crippen LogP contribution in [0, 0.1) is 0 Å². The third kappa shape index (κ3) is 15.3. The second kappa shape index (κ2) is 15.1. The molecule has 0 aliphatic heterocycles. The minimum absolute atomic E-state index is 0.290. The van der Waals surface area contributed by atoms with E-state index in [1.165, 1.54) is 0 Å². The first-order valence-corrected chi connectivity index (χ1v) is 8.56. The fraction of sp³-hybridized carbons (Fsp3) is 0.933. The van der Waals surface area contributed by atoms with Crippen LogP contribution in [0.1, 0.15) is 33.6 Å². The Kier molecular flexibility index (Phi) is 13.8. The van der Waals surface area contributed by atoms with Crippen LogP contribution in [-0.4, -0.2) is 69.2 Å². The monoisotopic (exact) mass is 371 g/mol. The summed E-state index contributed by atoms with van der Waals surface area (Å²) in [6, 6.07) is 0. The highest BCUT2D eigenvalue weighted by Crippen LogP contribution is 2.10. The number of hydrogen-bond acceptors (Lipinski definition) is 6. The Bertz CT molecular complexity index is 483. The van der Waals surface area contributed by atoms with Crippen molar-refractivity contribution in [2.75, 3.05) is 52.6 Å². The van der Waals surface area contributed by atoms with Crippen molar-refractivity contribution in [3.8, 4) is 0 Å². The van der Waals surface area contributed by atoms with Crippen LogP contribution in [-0.2, 0) is 14.2 Å². The number of azide groups is 2. The van der Waals surface area contributed by atoms with Gasteiger partial charge >= 0.3 is 6.09 Å². The molecule has 0 N–H and O–H groups in total. The summed E-state index contributed by atoms with van der Waals surface area (Å²) in [6.07, 6.45) is 1.01. The summed E-state index contributed by atoms with van der Waals surface area (Å²) in [5, 5.41) is 6.83. The van der Waals surface area contributed by atoms with Crippen molar-refractivity contribution < 1.29 is 19.0 Å². The van der Waals surface area contributed by atoms with Crippen molar-refractivity contribution in [3.05, 3.63) is 20.9 Å². The quantitative estimate of drug-likeness (QED) is 0.198. The molecule has 0 saturated heterocycles. The standard InChI is InChI=1S/C15H29N7O4/c1-15(2,3)26-14(23)22(8-5-4-6-18-20-16)9-11-25-13-12-24-10-7-19-21-17/h4-13H2,1-3H3. The molecule has 0 unspecified atom stereocenters. The second-order valence-corrected chi connectivity index (χ2v) is 6.31. The van der Waals surface area contributed by atoms with Gasteiger partial charge in [-0.1, -0.05) is 10.2 Å². The first kappa shape index (κ1) is 23.8. The van der Waals surface area contributed by atoms with Gasteiger partial charge in [-0.15, -0.1) is 0 Å². The fourth-order valence-corrected chi connectivity index (χ4v) is 1.80. The number of carbonyl (C=O) groups excluding carboxylic acids is 1. The Morgan fingerprint density at radius 3 is 2.15 bits per heavy atom. The van der Waals surface area contributed by atoms with E-state index in [1.807, 2.05) is 20.8 Å². The maximum atomic E-state index is 12.2. The van der Waals surface area contributed by atoms with Gasteiger partial charge in [0, 0.05) is 36.0 Å². The summed E-state index contributed by atoms with van der Waals surface area (Å²) < 4.78 is 16.1. The minimum Gasteiger partial charge on any atom is -0.444 e. The molecule has 0 fully saturated rings. The summed E-state index contributed by atoms with van der Waals surface area (Å²) >= 11 is 0. The Labute approximate surface area is 153 Å². The van der Waals surface area contributed by atoms with Crippen molar-refractivity contribution >= 4 is 6.09 Å². The molecule has 148 valence electrons. The molecule has 0 spiro atoms. The molecule has 0 aromatic heterocycles. The van der Waals surface area contributed by atoms with Crippen LogP contribution < -0.4 is 0 Å². The summed E-state index contributed by atoms with van der Waals surface area (Å²) in [4.78, 5) is 19.2. The Hall–Kier alpha value is -2.19. The number of carbonyl (C=O) groups is 1. The summed E-state index contributed by atoms with van der Waals surface area (Å²) in [6.45, 7) is 8.52. The molecule has 11 nitrogen and oxygen atoms in total. The molecule has 0 aliphatic rings. The maximum absolute atomic E-state index is 12.2. The zero-order chi connectivity index (χ0) is 19.7. The molecule has 0 aliphatic carbocycles. The average Bonchev–Trinajstić information content (AvgIpc) is 2.56. The third-order valence-corrected chi connectivity index (χ3v) is 2.93. The smallest absolute Gasteiger partial charge is 0.410 e. The molecule has 0 aromatic carbocycles. The summed E-state index contributed by atoms with van der Waals surface area (Å²) in [5.74, 6) is 0. The number of ether oxygens (including phenoxy) is 3. The topological polar surface area (TPSA) is 146 Å². The van der Waals surface area contributed by atoms with Crippen LogP contribution in [0.4, 0.5) is 4.79 Å². The van der Waals surface area contributed by atoms with E-state index >= 15 is 0 Å². The first-order chi connectivity index (χ1) is 12.4. The van der Waals surface area contributed by atoms with Crippen molar-refractivity contribution in [2.24, 2.45) is 10.2 Å². The molecule has 26 heavy (non-hydrogen) atoms. The summed E-state index contributed by atoms with van der Waals surface area (Å²) in [7, 11) is 0. The molecule has 0 rings (SSSR count). The van der Waals surface area contributed by atoms with E-state index in [2.05, 4.69) is 20.1 Å². The molecule has 0 heterocycles. The second-order valence-electron chi connectivity index (χ2n) is 6.31. The van der Waals surface area contributed by atoms with E-state index in [1.54, 1.807) is 4.90 Å². The molecule has 11 heteroatoms. The fourth-order valence-electron chi connectivity index (χ4n) is 1.80. The molecule has 0 aromatic rings. The maximum Gasteiger partial charge on any atom is 0.410 e. The Morgan fingerprint density at radius 1 is 0.923 bits per heavy atom. The highest BCUT2D eigenvalue weighted by molar-refractivity contribution is 5.68. The van der Waals surface area contributed by atoms with Crippen molar-refractivity contribution in [2.45, 2.75) is 39.2 Å². The van der Waals surface area contributed by atoms with E-state index in [0.29, 0.717) is 65.4 Å². The van der Waals surface area contributed by atoms with Gasteiger partial charge in [-0.3, -0.25) is 0 Å². The molecule has 0 atom stereocenters. The van der Waals surface area contributed by atoms with Gasteiger partial charge in [-0.05, 0) is 44.7 Å². The molecule has 0 radical (unpaired) electrons. The molecule has 0 bridgehead atoms. The zero-order valence-electron chi connectivity index (χ0n) is 15.8. The van der Waals surface area contributed by atoms with Crippen LogP contribution in [0.2, 0.25) is 0 Å². The van der Waals surface area contributed by atoms with E-state index in [4.69, 9.17) is 25.3 Å². The number of unbranched alkanes of at least 4 members (excludes halogenated alkanes) is 1.